The molecule has 1 N–H and O–H groups in total. The standard InChI is InChI=1S/C27H25ClN2O3S/c1-18-7-13-23(14-8-18)34(32)17-25-19(2)33-27(30-25)22-11-9-21(10-12-22)26(31)29-16-15-20-5-3-4-6-24(20)28/h3-14H,15-17H2,1-2H3,(H,29,31)/t34-/m0/s1. The van der Waals surface area contributed by atoms with Crippen molar-refractivity contribution in [2.75, 3.05) is 6.54 Å². The van der Waals surface area contributed by atoms with Crippen LogP contribution in [-0.2, 0) is 23.0 Å². The Labute approximate surface area is 206 Å². The number of rotatable bonds is 8. The van der Waals surface area contributed by atoms with Crippen LogP contribution in [0.4, 0.5) is 0 Å². The molecule has 4 rings (SSSR count). The summed E-state index contributed by atoms with van der Waals surface area (Å²) >= 11 is 6.17. The Hall–Kier alpha value is -3.22. The van der Waals surface area contributed by atoms with E-state index in [2.05, 4.69) is 10.3 Å². The van der Waals surface area contributed by atoms with Gasteiger partial charge in [-0.15, -0.1) is 0 Å². The summed E-state index contributed by atoms with van der Waals surface area (Å²) in [6.07, 6.45) is 0.659. The van der Waals surface area contributed by atoms with Crippen molar-refractivity contribution in [2.24, 2.45) is 0 Å². The van der Waals surface area contributed by atoms with Gasteiger partial charge in [0.1, 0.15) is 5.76 Å². The van der Waals surface area contributed by atoms with Gasteiger partial charge >= 0.3 is 0 Å². The number of hydrogen-bond donors (Lipinski definition) is 1. The predicted molar refractivity (Wildman–Crippen MR) is 135 cm³/mol. The fourth-order valence-corrected chi connectivity index (χ4v) is 4.81. The van der Waals surface area contributed by atoms with Gasteiger partial charge in [0.25, 0.3) is 5.91 Å². The maximum absolute atomic E-state index is 12.7. The molecule has 174 valence electrons. The van der Waals surface area contributed by atoms with Gasteiger partial charge < -0.3 is 9.73 Å². The van der Waals surface area contributed by atoms with Crippen LogP contribution in [0.25, 0.3) is 11.5 Å². The second kappa shape index (κ2) is 10.8. The van der Waals surface area contributed by atoms with Crippen molar-refractivity contribution in [2.45, 2.75) is 30.9 Å². The summed E-state index contributed by atoms with van der Waals surface area (Å²) in [6, 6.07) is 22.3. The molecule has 1 heterocycles. The maximum Gasteiger partial charge on any atom is 0.251 e. The second-order valence-electron chi connectivity index (χ2n) is 8.00. The number of halogens is 1. The van der Waals surface area contributed by atoms with Crippen LogP contribution in [0, 0.1) is 13.8 Å². The van der Waals surface area contributed by atoms with E-state index in [1.165, 1.54) is 0 Å². The molecular weight excluding hydrogens is 468 g/mol. The van der Waals surface area contributed by atoms with Crippen molar-refractivity contribution < 1.29 is 13.4 Å². The highest BCUT2D eigenvalue weighted by Crippen LogP contribution is 2.24. The molecule has 0 aliphatic carbocycles. The van der Waals surface area contributed by atoms with E-state index in [0.717, 1.165) is 21.6 Å². The number of carbonyl (C=O) groups excluding carboxylic acids is 1. The molecule has 4 aromatic rings. The third-order valence-corrected chi connectivity index (χ3v) is 7.18. The van der Waals surface area contributed by atoms with Crippen LogP contribution in [-0.4, -0.2) is 21.6 Å². The van der Waals surface area contributed by atoms with E-state index in [-0.39, 0.29) is 11.7 Å². The summed E-state index contributed by atoms with van der Waals surface area (Å²) < 4.78 is 18.5. The number of nitrogens with one attached hydrogen (secondary N) is 1. The first-order valence-corrected chi connectivity index (χ1v) is 12.6. The van der Waals surface area contributed by atoms with E-state index in [9.17, 15) is 9.00 Å². The topological polar surface area (TPSA) is 72.2 Å². The van der Waals surface area contributed by atoms with Crippen molar-refractivity contribution in [1.29, 1.82) is 0 Å². The number of aryl methyl sites for hydroxylation is 2. The van der Waals surface area contributed by atoms with Crippen molar-refractivity contribution >= 4 is 28.3 Å². The van der Waals surface area contributed by atoms with Gasteiger partial charge in [0.05, 0.1) is 22.2 Å². The molecule has 0 saturated carbocycles. The first-order valence-electron chi connectivity index (χ1n) is 10.9. The Morgan fingerprint density at radius 1 is 1.00 bits per heavy atom. The monoisotopic (exact) mass is 492 g/mol. The molecule has 1 amide bonds. The third kappa shape index (κ3) is 5.82. The quantitative estimate of drug-likeness (QED) is 0.333. The highest BCUT2D eigenvalue weighted by Gasteiger charge is 2.16. The molecule has 0 bridgehead atoms. The highest BCUT2D eigenvalue weighted by molar-refractivity contribution is 7.84. The van der Waals surface area contributed by atoms with Crippen LogP contribution >= 0.6 is 11.6 Å². The van der Waals surface area contributed by atoms with Gasteiger partial charge in [0.15, 0.2) is 0 Å². The fraction of sp³-hybridized carbons (Fsp3) is 0.185. The Balaban J connectivity index is 1.37. The second-order valence-corrected chi connectivity index (χ2v) is 9.86. The molecule has 3 aromatic carbocycles. The van der Waals surface area contributed by atoms with Crippen LogP contribution in [0.3, 0.4) is 0 Å². The number of oxazole rings is 1. The zero-order valence-corrected chi connectivity index (χ0v) is 20.6. The molecule has 0 radical (unpaired) electrons. The van der Waals surface area contributed by atoms with E-state index in [0.29, 0.717) is 40.9 Å². The minimum Gasteiger partial charge on any atom is -0.441 e. The maximum atomic E-state index is 12.7. The molecule has 0 aliphatic rings. The molecule has 5 nitrogen and oxygen atoms in total. The smallest absolute Gasteiger partial charge is 0.251 e. The number of hydrogen-bond acceptors (Lipinski definition) is 4. The average molecular weight is 493 g/mol. The minimum absolute atomic E-state index is 0.156. The van der Waals surface area contributed by atoms with Crippen LogP contribution in [0.2, 0.25) is 5.02 Å². The zero-order chi connectivity index (χ0) is 24.1. The van der Waals surface area contributed by atoms with Crippen LogP contribution < -0.4 is 5.32 Å². The third-order valence-electron chi connectivity index (χ3n) is 5.48. The lowest BCUT2D eigenvalue weighted by molar-refractivity contribution is 0.0954. The number of aromatic nitrogens is 1. The first-order chi connectivity index (χ1) is 16.4. The van der Waals surface area contributed by atoms with Crippen molar-refractivity contribution in [1.82, 2.24) is 10.3 Å². The van der Waals surface area contributed by atoms with E-state index in [1.807, 2.05) is 62.4 Å². The molecule has 0 fully saturated rings. The summed E-state index contributed by atoms with van der Waals surface area (Å²) in [5.74, 6) is 1.21. The van der Waals surface area contributed by atoms with Crippen LogP contribution in [0.15, 0.2) is 82.1 Å². The number of nitrogens with zero attached hydrogens (tertiary/aromatic N) is 1. The largest absolute Gasteiger partial charge is 0.441 e. The van der Waals surface area contributed by atoms with Gasteiger partial charge in [-0.05, 0) is 68.3 Å². The van der Waals surface area contributed by atoms with E-state index < -0.39 is 10.8 Å². The molecule has 34 heavy (non-hydrogen) atoms. The van der Waals surface area contributed by atoms with E-state index in [4.69, 9.17) is 16.0 Å². The molecule has 7 heteroatoms. The van der Waals surface area contributed by atoms with E-state index >= 15 is 0 Å². The number of carbonyl (C=O) groups is 1. The molecular formula is C27H25ClN2O3S. The normalized spacial score (nSPS) is 11.9. The molecule has 0 saturated heterocycles. The van der Waals surface area contributed by atoms with Gasteiger partial charge in [0, 0.05) is 27.6 Å². The number of benzene rings is 3. The summed E-state index contributed by atoms with van der Waals surface area (Å²) in [5.41, 5.74) is 4.09. The van der Waals surface area contributed by atoms with Gasteiger partial charge in [-0.1, -0.05) is 47.5 Å². The lowest BCUT2D eigenvalue weighted by Crippen LogP contribution is -2.25. The van der Waals surface area contributed by atoms with Gasteiger partial charge in [-0.25, -0.2) is 4.98 Å². The Morgan fingerprint density at radius 3 is 2.41 bits per heavy atom. The molecule has 1 aromatic heterocycles. The zero-order valence-electron chi connectivity index (χ0n) is 19.0. The molecule has 0 unspecified atom stereocenters. The molecule has 0 spiro atoms. The molecule has 0 aliphatic heterocycles. The summed E-state index contributed by atoms with van der Waals surface area (Å²) in [7, 11) is -1.21. The van der Waals surface area contributed by atoms with Crippen LogP contribution in [0.5, 0.6) is 0 Å². The molecule has 1 atom stereocenters. The SMILES string of the molecule is Cc1ccc([S@@](=O)Cc2nc(-c3ccc(C(=O)NCCc4ccccc4Cl)cc3)oc2C)cc1. The first kappa shape index (κ1) is 23.9. The fourth-order valence-electron chi connectivity index (χ4n) is 3.46. The Kier molecular flexibility index (Phi) is 7.60. The van der Waals surface area contributed by atoms with Gasteiger partial charge in [-0.3, -0.25) is 9.00 Å². The van der Waals surface area contributed by atoms with E-state index in [1.54, 1.807) is 24.3 Å². The number of amides is 1. The predicted octanol–water partition coefficient (Wildman–Crippen LogP) is 5.89. The van der Waals surface area contributed by atoms with Crippen molar-refractivity contribution in [3.05, 3.63) is 106 Å². The average Bonchev–Trinajstić information content (AvgIpc) is 3.20. The van der Waals surface area contributed by atoms with Crippen molar-refractivity contribution in [3.63, 3.8) is 0 Å². The van der Waals surface area contributed by atoms with Crippen molar-refractivity contribution in [3.8, 4) is 11.5 Å². The minimum atomic E-state index is -1.21. The summed E-state index contributed by atoms with van der Waals surface area (Å²) in [5, 5.41) is 3.62. The van der Waals surface area contributed by atoms with Gasteiger partial charge in [-0.2, -0.15) is 0 Å². The Bertz CT molecular complexity index is 1310. The highest BCUT2D eigenvalue weighted by atomic mass is 35.5. The van der Waals surface area contributed by atoms with Crippen LogP contribution in [0.1, 0.15) is 32.9 Å². The lowest BCUT2D eigenvalue weighted by Gasteiger charge is -2.07. The summed E-state index contributed by atoms with van der Waals surface area (Å²) in [6.45, 7) is 4.31. The Morgan fingerprint density at radius 2 is 1.71 bits per heavy atom. The van der Waals surface area contributed by atoms with Gasteiger partial charge in [0.2, 0.25) is 5.89 Å². The summed E-state index contributed by atoms with van der Waals surface area (Å²) in [4.78, 5) is 17.8. The lowest BCUT2D eigenvalue weighted by atomic mass is 10.1.